The molecule has 2 aliphatic carbocycles. The Morgan fingerprint density at radius 1 is 1.10 bits per heavy atom. The fourth-order valence-electron chi connectivity index (χ4n) is 4.31. The van der Waals surface area contributed by atoms with Crippen LogP contribution in [0.1, 0.15) is 19.3 Å². The van der Waals surface area contributed by atoms with Crippen LogP contribution in [-0.4, -0.2) is 11.8 Å². The molecule has 5 heteroatoms. The molecule has 1 saturated heterocycles. The van der Waals surface area contributed by atoms with Gasteiger partial charge < -0.3 is 0 Å². The summed E-state index contributed by atoms with van der Waals surface area (Å²) in [5, 5.41) is 0.255. The molecule has 104 valence electrons. The van der Waals surface area contributed by atoms with Crippen molar-refractivity contribution < 1.29 is 14.0 Å². The Kier molecular flexibility index (Phi) is 2.49. The van der Waals surface area contributed by atoms with Gasteiger partial charge in [0.05, 0.1) is 17.5 Å². The highest BCUT2D eigenvalue weighted by Gasteiger charge is 2.61. The molecule has 1 aliphatic heterocycles. The number of benzene rings is 1. The minimum atomic E-state index is -0.619. The molecule has 0 radical (unpaired) electrons. The van der Waals surface area contributed by atoms with Crippen LogP contribution in [0.2, 0.25) is 5.02 Å². The van der Waals surface area contributed by atoms with E-state index < -0.39 is 5.82 Å². The molecular formula is C15H13ClFNO2. The van der Waals surface area contributed by atoms with Gasteiger partial charge in [-0.15, -0.1) is 0 Å². The number of carbonyl (C=O) groups excluding carboxylic acids is 2. The molecule has 3 fully saturated rings. The van der Waals surface area contributed by atoms with E-state index in [4.69, 9.17) is 11.6 Å². The van der Waals surface area contributed by atoms with Gasteiger partial charge in [-0.2, -0.15) is 0 Å². The molecule has 3 aliphatic rings. The lowest BCUT2D eigenvalue weighted by Crippen LogP contribution is -2.33. The highest BCUT2D eigenvalue weighted by atomic mass is 35.5. The lowest BCUT2D eigenvalue weighted by Gasteiger charge is -2.19. The Labute approximate surface area is 120 Å². The molecule has 0 unspecified atom stereocenters. The number of imide groups is 1. The maximum Gasteiger partial charge on any atom is 0.238 e. The first-order chi connectivity index (χ1) is 9.58. The van der Waals surface area contributed by atoms with Crippen LogP contribution in [0, 0.1) is 29.5 Å². The summed E-state index contributed by atoms with van der Waals surface area (Å²) < 4.78 is 14.0. The third kappa shape index (κ3) is 1.46. The molecule has 4 rings (SSSR count). The summed E-state index contributed by atoms with van der Waals surface area (Å²) in [6.07, 6.45) is 3.01. The number of amides is 2. The molecule has 1 aromatic rings. The minimum Gasteiger partial charge on any atom is -0.274 e. The zero-order valence-corrected chi connectivity index (χ0v) is 11.4. The number of anilines is 1. The third-order valence-electron chi connectivity index (χ3n) is 5.08. The number of carbonyl (C=O) groups is 2. The molecule has 1 heterocycles. The standard InChI is InChI=1S/C15H13ClFNO2/c16-9-3-4-11(10(17)6-9)18-14(19)12-7-1-2-8(5-7)13(12)15(18)20/h3-4,6-8,12-13H,1-2,5H2/t7-,8-,12+,13+/m0/s1. The normalized spacial score (nSPS) is 35.0. The Bertz CT molecular complexity index is 604. The predicted octanol–water partition coefficient (Wildman–Crippen LogP) is 3.01. The van der Waals surface area contributed by atoms with Crippen LogP contribution in [0.5, 0.6) is 0 Å². The van der Waals surface area contributed by atoms with E-state index in [0.29, 0.717) is 11.8 Å². The predicted molar refractivity (Wildman–Crippen MR) is 71.7 cm³/mol. The molecular weight excluding hydrogens is 281 g/mol. The van der Waals surface area contributed by atoms with E-state index in [0.717, 1.165) is 30.2 Å². The lowest BCUT2D eigenvalue weighted by atomic mass is 9.81. The molecule has 2 bridgehead atoms. The molecule has 1 aromatic carbocycles. The summed E-state index contributed by atoms with van der Waals surface area (Å²) in [5.41, 5.74) is 0.0400. The van der Waals surface area contributed by atoms with Gasteiger partial charge in [-0.3, -0.25) is 9.59 Å². The van der Waals surface area contributed by atoms with Crippen molar-refractivity contribution in [1.29, 1.82) is 0 Å². The summed E-state index contributed by atoms with van der Waals surface area (Å²) in [7, 11) is 0. The second-order valence-corrected chi connectivity index (χ2v) is 6.43. The molecule has 0 aromatic heterocycles. The van der Waals surface area contributed by atoms with Gasteiger partial charge in [-0.1, -0.05) is 11.6 Å². The first kappa shape index (κ1) is 12.3. The average molecular weight is 294 g/mol. The van der Waals surface area contributed by atoms with Crippen LogP contribution in [0.3, 0.4) is 0 Å². The monoisotopic (exact) mass is 293 g/mol. The highest BCUT2D eigenvalue weighted by molar-refractivity contribution is 6.31. The van der Waals surface area contributed by atoms with Gasteiger partial charge in [0.25, 0.3) is 0 Å². The Balaban J connectivity index is 1.77. The molecule has 0 N–H and O–H groups in total. The average Bonchev–Trinajstić information content (AvgIpc) is 3.06. The van der Waals surface area contributed by atoms with Crippen LogP contribution in [-0.2, 0) is 9.59 Å². The van der Waals surface area contributed by atoms with E-state index >= 15 is 0 Å². The molecule has 2 amide bonds. The van der Waals surface area contributed by atoms with E-state index in [-0.39, 0.29) is 34.4 Å². The minimum absolute atomic E-state index is 0.0400. The summed E-state index contributed by atoms with van der Waals surface area (Å²) in [6.45, 7) is 0. The SMILES string of the molecule is O=C1[C@@H]2[C@H]3CC[C@@H](C3)[C@H]2C(=O)N1c1ccc(Cl)cc1F. The second kappa shape index (κ2) is 4.04. The summed E-state index contributed by atoms with van der Waals surface area (Å²) >= 11 is 5.72. The largest absolute Gasteiger partial charge is 0.274 e. The van der Waals surface area contributed by atoms with Crippen LogP contribution in [0.25, 0.3) is 0 Å². The van der Waals surface area contributed by atoms with Crippen molar-refractivity contribution in [3.05, 3.63) is 29.0 Å². The number of hydrogen-bond donors (Lipinski definition) is 0. The van der Waals surface area contributed by atoms with Crippen molar-refractivity contribution in [3.63, 3.8) is 0 Å². The van der Waals surface area contributed by atoms with Crippen molar-refractivity contribution in [3.8, 4) is 0 Å². The summed E-state index contributed by atoms with van der Waals surface area (Å²) in [6, 6.07) is 4.06. The number of nitrogens with zero attached hydrogens (tertiary/aromatic N) is 1. The van der Waals surface area contributed by atoms with E-state index in [2.05, 4.69) is 0 Å². The highest BCUT2D eigenvalue weighted by Crippen LogP contribution is 2.56. The van der Waals surface area contributed by atoms with Gasteiger partial charge in [0.1, 0.15) is 5.82 Å². The number of rotatable bonds is 1. The van der Waals surface area contributed by atoms with E-state index in [1.54, 1.807) is 0 Å². The first-order valence-corrected chi connectivity index (χ1v) is 7.28. The molecule has 20 heavy (non-hydrogen) atoms. The maximum absolute atomic E-state index is 14.0. The van der Waals surface area contributed by atoms with Crippen LogP contribution < -0.4 is 4.90 Å². The van der Waals surface area contributed by atoms with Gasteiger partial charge in [-0.25, -0.2) is 9.29 Å². The lowest BCUT2D eigenvalue weighted by molar-refractivity contribution is -0.123. The van der Waals surface area contributed by atoms with Crippen molar-refractivity contribution in [2.75, 3.05) is 4.90 Å². The quantitative estimate of drug-likeness (QED) is 0.747. The van der Waals surface area contributed by atoms with Gasteiger partial charge in [0, 0.05) is 5.02 Å². The van der Waals surface area contributed by atoms with Gasteiger partial charge in [-0.05, 0) is 49.3 Å². The van der Waals surface area contributed by atoms with Crippen molar-refractivity contribution in [2.24, 2.45) is 23.7 Å². The summed E-state index contributed by atoms with van der Waals surface area (Å²) in [5.74, 6) is -0.912. The van der Waals surface area contributed by atoms with Crippen LogP contribution in [0.15, 0.2) is 18.2 Å². The molecule has 2 saturated carbocycles. The van der Waals surface area contributed by atoms with Crippen molar-refractivity contribution in [1.82, 2.24) is 0 Å². The Morgan fingerprint density at radius 2 is 1.70 bits per heavy atom. The van der Waals surface area contributed by atoms with Crippen molar-refractivity contribution >= 4 is 29.1 Å². The molecule has 3 nitrogen and oxygen atoms in total. The molecule has 4 atom stereocenters. The number of hydrogen-bond acceptors (Lipinski definition) is 2. The van der Waals surface area contributed by atoms with Gasteiger partial charge in [0.15, 0.2) is 0 Å². The smallest absolute Gasteiger partial charge is 0.238 e. The fourth-order valence-corrected chi connectivity index (χ4v) is 4.47. The zero-order chi connectivity index (χ0) is 14.0. The van der Waals surface area contributed by atoms with Crippen LogP contribution in [0.4, 0.5) is 10.1 Å². The second-order valence-electron chi connectivity index (χ2n) is 5.99. The van der Waals surface area contributed by atoms with E-state index in [1.165, 1.54) is 12.1 Å². The van der Waals surface area contributed by atoms with Crippen molar-refractivity contribution in [2.45, 2.75) is 19.3 Å². The van der Waals surface area contributed by atoms with E-state index in [9.17, 15) is 14.0 Å². The van der Waals surface area contributed by atoms with Crippen LogP contribution >= 0.6 is 11.6 Å². The molecule has 0 spiro atoms. The van der Waals surface area contributed by atoms with Gasteiger partial charge >= 0.3 is 0 Å². The van der Waals surface area contributed by atoms with Gasteiger partial charge in [0.2, 0.25) is 11.8 Å². The number of halogens is 2. The Morgan fingerprint density at radius 3 is 2.25 bits per heavy atom. The van der Waals surface area contributed by atoms with E-state index in [1.807, 2.05) is 0 Å². The zero-order valence-electron chi connectivity index (χ0n) is 10.7. The fraction of sp³-hybridized carbons (Fsp3) is 0.467. The Hall–Kier alpha value is -1.42. The summed E-state index contributed by atoms with van der Waals surface area (Å²) in [4.78, 5) is 26.1. The third-order valence-corrected chi connectivity index (χ3v) is 5.31. The number of fused-ring (bicyclic) bond motifs is 5. The first-order valence-electron chi connectivity index (χ1n) is 6.91. The topological polar surface area (TPSA) is 37.4 Å². The maximum atomic E-state index is 14.0.